The minimum Gasteiger partial charge on any atom is -0.466 e. The van der Waals surface area contributed by atoms with Gasteiger partial charge < -0.3 is 24.0 Å². The average molecular weight is 472 g/mol. The molecule has 0 aliphatic carbocycles. The Morgan fingerprint density at radius 3 is 2.38 bits per heavy atom. The van der Waals surface area contributed by atoms with E-state index < -0.39 is 41.8 Å². The number of hydrogen-bond donors (Lipinski definition) is 1. The van der Waals surface area contributed by atoms with Crippen molar-refractivity contribution in [2.75, 3.05) is 19.5 Å². The maximum Gasteiger partial charge on any atom is 0.354 e. The second-order valence-corrected chi connectivity index (χ2v) is 7.12. The van der Waals surface area contributed by atoms with Crippen LogP contribution >= 0.6 is 0 Å². The first-order valence-corrected chi connectivity index (χ1v) is 9.92. The molecule has 1 aliphatic rings. The highest BCUT2D eigenvalue weighted by molar-refractivity contribution is 6.02. The number of hydroxylamine groups is 2. The standard InChI is InChI=1S/C22H20N2O10/c1-11-13-5-4-12(23-15(22(30)32-3)10-19(27)31-2)8-16(13)33-21(29)14(11)9-20(28)34-24-17(25)6-7-18(24)26/h4-5,8,10,23H,6-7,9H2,1-3H3/b15-10+. The van der Waals surface area contributed by atoms with Gasteiger partial charge in [0.15, 0.2) is 0 Å². The number of amides is 2. The van der Waals surface area contributed by atoms with Gasteiger partial charge >= 0.3 is 23.5 Å². The first kappa shape index (κ1) is 24.2. The Labute approximate surface area is 192 Å². The van der Waals surface area contributed by atoms with Gasteiger partial charge in [-0.2, -0.15) is 0 Å². The minimum absolute atomic E-state index is 0.00172. The SMILES string of the molecule is COC(=O)/C=C(/Nc1ccc2c(C)c(CC(=O)ON3C(=O)CCC3=O)c(=O)oc2c1)C(=O)OC. The Balaban J connectivity index is 1.87. The van der Waals surface area contributed by atoms with E-state index in [4.69, 9.17) is 9.25 Å². The second-order valence-electron chi connectivity index (χ2n) is 7.12. The summed E-state index contributed by atoms with van der Waals surface area (Å²) >= 11 is 0. The van der Waals surface area contributed by atoms with Crippen LogP contribution in [0, 0.1) is 6.92 Å². The van der Waals surface area contributed by atoms with Crippen molar-refractivity contribution in [3.8, 4) is 0 Å². The molecule has 1 aliphatic heterocycles. The summed E-state index contributed by atoms with van der Waals surface area (Å²) in [6, 6.07) is 4.54. The average Bonchev–Trinajstić information content (AvgIpc) is 3.12. The van der Waals surface area contributed by atoms with E-state index in [0.29, 0.717) is 21.7 Å². The number of aryl methyl sites for hydroxylation is 1. The summed E-state index contributed by atoms with van der Waals surface area (Å²) in [6.07, 6.45) is 0.288. The van der Waals surface area contributed by atoms with Crippen molar-refractivity contribution < 1.29 is 42.7 Å². The van der Waals surface area contributed by atoms with Crippen LogP contribution < -0.4 is 10.9 Å². The molecule has 1 N–H and O–H groups in total. The van der Waals surface area contributed by atoms with Crippen LogP contribution in [-0.2, 0) is 44.7 Å². The number of imide groups is 1. The van der Waals surface area contributed by atoms with Crippen molar-refractivity contribution in [2.45, 2.75) is 26.2 Å². The number of carbonyl (C=O) groups is 5. The molecule has 1 saturated heterocycles. The van der Waals surface area contributed by atoms with E-state index in [0.717, 1.165) is 20.3 Å². The predicted octanol–water partition coefficient (Wildman–Crippen LogP) is 0.893. The van der Waals surface area contributed by atoms with Gasteiger partial charge in [0.25, 0.3) is 11.8 Å². The number of benzene rings is 1. The van der Waals surface area contributed by atoms with Crippen LogP contribution in [-0.4, -0.2) is 49.0 Å². The van der Waals surface area contributed by atoms with Crippen LogP contribution in [0.15, 0.2) is 39.2 Å². The van der Waals surface area contributed by atoms with Gasteiger partial charge in [0.2, 0.25) is 0 Å². The molecule has 0 unspecified atom stereocenters. The third-order valence-electron chi connectivity index (χ3n) is 4.96. The fourth-order valence-electron chi connectivity index (χ4n) is 3.20. The molecule has 12 heteroatoms. The van der Waals surface area contributed by atoms with Crippen molar-refractivity contribution in [2.24, 2.45) is 0 Å². The normalized spacial score (nSPS) is 13.7. The Hall–Kier alpha value is -4.48. The maximum absolute atomic E-state index is 12.5. The molecule has 12 nitrogen and oxygen atoms in total. The highest BCUT2D eigenvalue weighted by Gasteiger charge is 2.33. The molecule has 0 saturated carbocycles. The van der Waals surface area contributed by atoms with Crippen LogP contribution in [0.3, 0.4) is 0 Å². The van der Waals surface area contributed by atoms with Gasteiger partial charge in [-0.05, 0) is 24.6 Å². The summed E-state index contributed by atoms with van der Waals surface area (Å²) in [4.78, 5) is 76.3. The van der Waals surface area contributed by atoms with E-state index in [1.807, 2.05) is 0 Å². The molecule has 3 rings (SSSR count). The van der Waals surface area contributed by atoms with Gasteiger partial charge in [0.05, 0.1) is 32.3 Å². The van der Waals surface area contributed by atoms with E-state index in [2.05, 4.69) is 14.8 Å². The van der Waals surface area contributed by atoms with Gasteiger partial charge in [-0.3, -0.25) is 9.59 Å². The molecule has 1 fully saturated rings. The quantitative estimate of drug-likeness (QED) is 0.264. The molecule has 0 spiro atoms. The van der Waals surface area contributed by atoms with Crippen LogP contribution in [0.1, 0.15) is 24.0 Å². The van der Waals surface area contributed by atoms with Crippen LogP contribution in [0.5, 0.6) is 0 Å². The van der Waals surface area contributed by atoms with Crippen molar-refractivity contribution >= 4 is 46.4 Å². The summed E-state index contributed by atoms with van der Waals surface area (Å²) in [5.74, 6) is -3.84. The second kappa shape index (κ2) is 9.98. The van der Waals surface area contributed by atoms with E-state index >= 15 is 0 Å². The van der Waals surface area contributed by atoms with Crippen LogP contribution in [0.2, 0.25) is 0 Å². The molecule has 0 atom stereocenters. The first-order chi connectivity index (χ1) is 16.1. The molecule has 0 radical (unpaired) electrons. The zero-order valence-corrected chi connectivity index (χ0v) is 18.5. The molecule has 1 aromatic heterocycles. The number of anilines is 1. The number of nitrogens with one attached hydrogen (secondary N) is 1. The summed E-state index contributed by atoms with van der Waals surface area (Å²) in [7, 11) is 2.29. The molecule has 1 aromatic carbocycles. The monoisotopic (exact) mass is 472 g/mol. The Bertz CT molecular complexity index is 1270. The summed E-state index contributed by atoms with van der Waals surface area (Å²) in [5.41, 5.74) is -0.175. The third-order valence-corrected chi connectivity index (χ3v) is 4.96. The smallest absolute Gasteiger partial charge is 0.354 e. The van der Waals surface area contributed by atoms with Crippen molar-refractivity contribution in [1.82, 2.24) is 5.06 Å². The topological polar surface area (TPSA) is 159 Å². The van der Waals surface area contributed by atoms with E-state index in [9.17, 15) is 28.8 Å². The van der Waals surface area contributed by atoms with E-state index in [-0.39, 0.29) is 29.7 Å². The molecule has 178 valence electrons. The fourth-order valence-corrected chi connectivity index (χ4v) is 3.20. The number of hydrogen-bond acceptors (Lipinski definition) is 11. The Morgan fingerprint density at radius 1 is 1.09 bits per heavy atom. The van der Waals surface area contributed by atoms with Crippen molar-refractivity contribution in [3.63, 3.8) is 0 Å². The van der Waals surface area contributed by atoms with Crippen LogP contribution in [0.4, 0.5) is 5.69 Å². The molecular weight excluding hydrogens is 452 g/mol. The lowest BCUT2D eigenvalue weighted by molar-refractivity contribution is -0.197. The van der Waals surface area contributed by atoms with Crippen LogP contribution in [0.25, 0.3) is 11.0 Å². The Morgan fingerprint density at radius 2 is 1.76 bits per heavy atom. The molecular formula is C22H20N2O10. The summed E-state index contributed by atoms with van der Waals surface area (Å²) in [5, 5.41) is 3.59. The van der Waals surface area contributed by atoms with Gasteiger partial charge in [-0.15, -0.1) is 5.06 Å². The molecule has 0 bridgehead atoms. The van der Waals surface area contributed by atoms with Gasteiger partial charge in [-0.1, -0.05) is 0 Å². The zero-order chi connectivity index (χ0) is 25.0. The summed E-state index contributed by atoms with van der Waals surface area (Å²) in [6.45, 7) is 1.60. The summed E-state index contributed by atoms with van der Waals surface area (Å²) < 4.78 is 14.5. The maximum atomic E-state index is 12.5. The number of carbonyl (C=O) groups excluding carboxylic acids is 5. The highest BCUT2D eigenvalue weighted by atomic mass is 16.7. The third kappa shape index (κ3) is 5.11. The number of rotatable bonds is 7. The molecule has 2 heterocycles. The lowest BCUT2D eigenvalue weighted by Gasteiger charge is -2.14. The van der Waals surface area contributed by atoms with Gasteiger partial charge in [0, 0.05) is 30.0 Å². The molecule has 34 heavy (non-hydrogen) atoms. The first-order valence-electron chi connectivity index (χ1n) is 9.92. The highest BCUT2D eigenvalue weighted by Crippen LogP contribution is 2.24. The molecule has 2 amide bonds. The number of fused-ring (bicyclic) bond motifs is 1. The van der Waals surface area contributed by atoms with Crippen molar-refractivity contribution in [3.05, 3.63) is 51.5 Å². The fraction of sp³-hybridized carbons (Fsp3) is 0.273. The van der Waals surface area contributed by atoms with E-state index in [1.54, 1.807) is 19.1 Å². The predicted molar refractivity (Wildman–Crippen MR) is 114 cm³/mol. The largest absolute Gasteiger partial charge is 0.466 e. The van der Waals surface area contributed by atoms with E-state index in [1.165, 1.54) is 6.07 Å². The van der Waals surface area contributed by atoms with Gasteiger partial charge in [0.1, 0.15) is 11.3 Å². The number of ether oxygens (including phenoxy) is 2. The van der Waals surface area contributed by atoms with Crippen molar-refractivity contribution in [1.29, 1.82) is 0 Å². The molecule has 2 aromatic rings. The number of nitrogens with zero attached hydrogens (tertiary/aromatic N) is 1. The zero-order valence-electron chi connectivity index (χ0n) is 18.5. The lowest BCUT2D eigenvalue weighted by Crippen LogP contribution is -2.33. The Kier molecular flexibility index (Phi) is 7.09. The lowest BCUT2D eigenvalue weighted by atomic mass is 10.0. The minimum atomic E-state index is -0.965. The number of methoxy groups -OCH3 is 2. The number of esters is 2. The van der Waals surface area contributed by atoms with Gasteiger partial charge in [-0.25, -0.2) is 19.2 Å².